The highest BCUT2D eigenvalue weighted by atomic mass is 79.9. The molecule has 1 atom stereocenters. The molecule has 2 rings (SSSR count). The fraction of sp³-hybridized carbons (Fsp3) is 0.308. The summed E-state index contributed by atoms with van der Waals surface area (Å²) in [6.07, 6.45) is 0. The molecule has 0 radical (unpaired) electrons. The molecule has 4 nitrogen and oxygen atoms in total. The number of phenolic OH excluding ortho intramolecular Hbond substituents is 1. The minimum Gasteiger partial charge on any atom is -0.503 e. The average Bonchev–Trinajstić information content (AvgIpc) is 2.74. The zero-order valence-electron chi connectivity index (χ0n) is 10.9. The van der Waals surface area contributed by atoms with Crippen molar-refractivity contribution in [1.82, 2.24) is 4.98 Å². The van der Waals surface area contributed by atoms with E-state index in [0.29, 0.717) is 10.2 Å². The molecule has 6 heteroatoms. The topological polar surface area (TPSA) is 68.4 Å². The van der Waals surface area contributed by atoms with Crippen LogP contribution in [-0.2, 0) is 0 Å². The number of hydrogen-bond donors (Lipinski definition) is 2. The van der Waals surface area contributed by atoms with E-state index in [1.807, 2.05) is 19.9 Å². The second-order valence-corrected chi connectivity index (χ2v) is 6.15. The van der Waals surface area contributed by atoms with Crippen molar-refractivity contribution in [3.8, 4) is 22.1 Å². The van der Waals surface area contributed by atoms with E-state index < -0.39 is 0 Å². The number of methoxy groups -OCH3 is 1. The molecule has 0 bridgehead atoms. The van der Waals surface area contributed by atoms with Gasteiger partial charge in [0, 0.05) is 16.5 Å². The van der Waals surface area contributed by atoms with Crippen LogP contribution in [0.5, 0.6) is 11.5 Å². The number of aromatic nitrogens is 1. The number of benzene rings is 1. The molecular weight excluding hydrogens is 328 g/mol. The van der Waals surface area contributed by atoms with Crippen molar-refractivity contribution in [2.45, 2.75) is 19.9 Å². The third kappa shape index (κ3) is 2.75. The van der Waals surface area contributed by atoms with Gasteiger partial charge in [-0.05, 0) is 41.9 Å². The van der Waals surface area contributed by atoms with Gasteiger partial charge in [-0.15, -0.1) is 11.3 Å². The van der Waals surface area contributed by atoms with Gasteiger partial charge in [0.15, 0.2) is 11.5 Å². The van der Waals surface area contributed by atoms with E-state index in [1.165, 1.54) is 7.11 Å². The summed E-state index contributed by atoms with van der Waals surface area (Å²) in [6, 6.07) is 3.55. The number of nitrogens with two attached hydrogens (primary N) is 1. The first-order chi connectivity index (χ1) is 8.93. The number of hydrogen-bond acceptors (Lipinski definition) is 5. The number of thiazole rings is 1. The molecule has 3 N–H and O–H groups in total. The quantitative estimate of drug-likeness (QED) is 0.893. The van der Waals surface area contributed by atoms with Crippen molar-refractivity contribution in [3.63, 3.8) is 0 Å². The lowest BCUT2D eigenvalue weighted by Crippen LogP contribution is -2.03. The lowest BCUT2D eigenvalue weighted by molar-refractivity contribution is 0.372. The number of rotatable bonds is 3. The Labute approximate surface area is 124 Å². The van der Waals surface area contributed by atoms with Crippen LogP contribution in [0.1, 0.15) is 23.5 Å². The fourth-order valence-electron chi connectivity index (χ4n) is 1.81. The van der Waals surface area contributed by atoms with Crippen LogP contribution in [0, 0.1) is 6.92 Å². The normalized spacial score (nSPS) is 12.5. The lowest BCUT2D eigenvalue weighted by atomic mass is 10.2. The van der Waals surface area contributed by atoms with E-state index >= 15 is 0 Å². The number of nitrogens with zero attached hydrogens (tertiary/aromatic N) is 1. The number of phenols is 1. The number of ether oxygens (including phenoxy) is 1. The number of halogens is 1. The molecule has 1 unspecified atom stereocenters. The van der Waals surface area contributed by atoms with Crippen molar-refractivity contribution in [3.05, 3.63) is 27.2 Å². The predicted octanol–water partition coefficient (Wildman–Crippen LogP) is 3.61. The van der Waals surface area contributed by atoms with Crippen LogP contribution in [0.25, 0.3) is 10.6 Å². The largest absolute Gasteiger partial charge is 0.503 e. The molecule has 0 saturated carbocycles. The van der Waals surface area contributed by atoms with Gasteiger partial charge in [-0.2, -0.15) is 0 Å². The fourth-order valence-corrected chi connectivity index (χ4v) is 3.25. The highest BCUT2D eigenvalue weighted by Gasteiger charge is 2.15. The van der Waals surface area contributed by atoms with Crippen molar-refractivity contribution in [1.29, 1.82) is 0 Å². The number of aromatic hydroxyl groups is 1. The monoisotopic (exact) mass is 342 g/mol. The molecule has 1 heterocycles. The standard InChI is InChI=1S/C13H15BrN2O2S/c1-6(15)12-7(2)16-13(19-12)8-4-9(14)11(17)10(5-8)18-3/h4-6,17H,15H2,1-3H3. The van der Waals surface area contributed by atoms with Crippen LogP contribution >= 0.6 is 27.3 Å². The summed E-state index contributed by atoms with van der Waals surface area (Å²) in [7, 11) is 1.52. The minimum atomic E-state index is -0.0336. The molecule has 0 amide bonds. The molecule has 19 heavy (non-hydrogen) atoms. The van der Waals surface area contributed by atoms with Gasteiger partial charge in [0.1, 0.15) is 5.01 Å². The second-order valence-electron chi connectivity index (χ2n) is 4.27. The first-order valence-corrected chi connectivity index (χ1v) is 7.34. The summed E-state index contributed by atoms with van der Waals surface area (Å²) < 4.78 is 5.73. The van der Waals surface area contributed by atoms with Crippen molar-refractivity contribution in [2.75, 3.05) is 7.11 Å². The Kier molecular flexibility index (Phi) is 4.13. The molecule has 2 aromatic rings. The number of aryl methyl sites for hydroxylation is 1. The highest BCUT2D eigenvalue weighted by Crippen LogP contribution is 2.40. The zero-order valence-corrected chi connectivity index (χ0v) is 13.3. The molecule has 0 saturated heterocycles. The Bertz CT molecular complexity index is 611. The Hall–Kier alpha value is -1.11. The Balaban J connectivity index is 2.53. The Morgan fingerprint density at radius 2 is 2.16 bits per heavy atom. The van der Waals surface area contributed by atoms with Gasteiger partial charge in [-0.1, -0.05) is 0 Å². The Morgan fingerprint density at radius 3 is 2.68 bits per heavy atom. The molecular formula is C13H15BrN2O2S. The molecule has 0 fully saturated rings. The summed E-state index contributed by atoms with van der Waals surface area (Å²) in [6.45, 7) is 3.89. The molecule has 1 aromatic carbocycles. The van der Waals surface area contributed by atoms with E-state index in [0.717, 1.165) is 21.1 Å². The van der Waals surface area contributed by atoms with Gasteiger partial charge in [-0.3, -0.25) is 0 Å². The summed E-state index contributed by atoms with van der Waals surface area (Å²) in [5.41, 5.74) is 7.75. The third-order valence-electron chi connectivity index (χ3n) is 2.74. The minimum absolute atomic E-state index is 0.0336. The van der Waals surface area contributed by atoms with Crippen LogP contribution in [-0.4, -0.2) is 17.2 Å². The van der Waals surface area contributed by atoms with E-state index in [2.05, 4.69) is 20.9 Å². The summed E-state index contributed by atoms with van der Waals surface area (Å²) in [4.78, 5) is 5.60. The van der Waals surface area contributed by atoms with Crippen LogP contribution in [0.15, 0.2) is 16.6 Å². The van der Waals surface area contributed by atoms with E-state index in [4.69, 9.17) is 10.5 Å². The van der Waals surface area contributed by atoms with Crippen molar-refractivity contribution in [2.24, 2.45) is 5.73 Å². The molecule has 0 aliphatic carbocycles. The van der Waals surface area contributed by atoms with Gasteiger partial charge < -0.3 is 15.6 Å². The maximum atomic E-state index is 9.81. The first-order valence-electron chi connectivity index (χ1n) is 5.73. The van der Waals surface area contributed by atoms with Crippen LogP contribution in [0.4, 0.5) is 0 Å². The van der Waals surface area contributed by atoms with Crippen LogP contribution in [0.3, 0.4) is 0 Å². The van der Waals surface area contributed by atoms with Crippen LogP contribution in [0.2, 0.25) is 0 Å². The van der Waals surface area contributed by atoms with Gasteiger partial charge >= 0.3 is 0 Å². The maximum Gasteiger partial charge on any atom is 0.172 e. The van der Waals surface area contributed by atoms with Gasteiger partial charge in [0.05, 0.1) is 17.3 Å². The van der Waals surface area contributed by atoms with Crippen molar-refractivity contribution < 1.29 is 9.84 Å². The Morgan fingerprint density at radius 1 is 1.47 bits per heavy atom. The smallest absolute Gasteiger partial charge is 0.172 e. The summed E-state index contributed by atoms with van der Waals surface area (Å²) in [5, 5.41) is 10.7. The van der Waals surface area contributed by atoms with Gasteiger partial charge in [0.2, 0.25) is 0 Å². The van der Waals surface area contributed by atoms with Gasteiger partial charge in [0.25, 0.3) is 0 Å². The molecule has 102 valence electrons. The SMILES string of the molecule is COc1cc(-c2nc(C)c(C(C)N)s2)cc(Br)c1O. The lowest BCUT2D eigenvalue weighted by Gasteiger charge is -2.07. The summed E-state index contributed by atoms with van der Waals surface area (Å²) >= 11 is 4.87. The average molecular weight is 343 g/mol. The van der Waals surface area contributed by atoms with Gasteiger partial charge in [-0.25, -0.2) is 4.98 Å². The van der Waals surface area contributed by atoms with Crippen LogP contribution < -0.4 is 10.5 Å². The maximum absolute atomic E-state index is 9.81. The highest BCUT2D eigenvalue weighted by molar-refractivity contribution is 9.10. The first kappa shape index (κ1) is 14.3. The molecule has 0 aliphatic rings. The van der Waals surface area contributed by atoms with E-state index in [9.17, 15) is 5.11 Å². The van der Waals surface area contributed by atoms with E-state index in [1.54, 1.807) is 17.4 Å². The zero-order chi connectivity index (χ0) is 14.2. The molecule has 0 spiro atoms. The molecule has 0 aliphatic heterocycles. The second kappa shape index (κ2) is 5.48. The predicted molar refractivity (Wildman–Crippen MR) is 80.8 cm³/mol. The molecule has 1 aromatic heterocycles. The van der Waals surface area contributed by atoms with Crippen molar-refractivity contribution >= 4 is 27.3 Å². The summed E-state index contributed by atoms with van der Waals surface area (Å²) in [5.74, 6) is 0.506. The van der Waals surface area contributed by atoms with E-state index in [-0.39, 0.29) is 11.8 Å². The third-order valence-corrected chi connectivity index (χ3v) is 4.75.